The number of nitrogens with zero attached hydrogens (tertiary/aromatic N) is 1. The number of amides is 1. The maximum Gasteiger partial charge on any atom is 0.325 e. The summed E-state index contributed by atoms with van der Waals surface area (Å²) in [6.45, 7) is 4.69. The first-order chi connectivity index (χ1) is 13.7. The topological polar surface area (TPSA) is 125 Å². The van der Waals surface area contributed by atoms with Gasteiger partial charge in [-0.3, -0.25) is 9.59 Å². The fourth-order valence-corrected chi connectivity index (χ4v) is 4.39. The predicted molar refractivity (Wildman–Crippen MR) is 109 cm³/mol. The first-order valence-electron chi connectivity index (χ1n) is 8.72. The second kappa shape index (κ2) is 9.65. The molecule has 10 heteroatoms. The van der Waals surface area contributed by atoms with Crippen molar-refractivity contribution in [3.63, 3.8) is 0 Å². The van der Waals surface area contributed by atoms with E-state index in [1.54, 1.807) is 43.5 Å². The molecule has 2 aromatic rings. The molecule has 0 aliphatic carbocycles. The number of hydrogen-bond acceptors (Lipinski definition) is 7. The summed E-state index contributed by atoms with van der Waals surface area (Å²) in [5.41, 5.74) is 0.303. The summed E-state index contributed by atoms with van der Waals surface area (Å²) in [6, 6.07) is 9.98. The predicted octanol–water partition coefficient (Wildman–Crippen LogP) is 2.49. The Kier molecular flexibility index (Phi) is 7.50. The summed E-state index contributed by atoms with van der Waals surface area (Å²) in [7, 11) is -3.94. The van der Waals surface area contributed by atoms with Gasteiger partial charge in [-0.2, -0.15) is 9.98 Å². The van der Waals surface area contributed by atoms with Gasteiger partial charge >= 0.3 is 5.97 Å². The van der Waals surface area contributed by atoms with Crippen molar-refractivity contribution < 1.29 is 22.7 Å². The summed E-state index contributed by atoms with van der Waals surface area (Å²) in [5.74, 6) is -1.90. The zero-order valence-corrected chi connectivity index (χ0v) is 17.7. The lowest BCUT2D eigenvalue weighted by molar-refractivity contribution is -0.155. The molecule has 1 amide bonds. The number of carbonyl (C=O) groups excluding carboxylic acids is 2. The molecule has 0 saturated carbocycles. The second-order valence-corrected chi connectivity index (χ2v) is 9.13. The number of carbonyl (C=O) groups is 2. The Labute approximate surface area is 173 Å². The van der Waals surface area contributed by atoms with Crippen LogP contribution in [0, 0.1) is 17.2 Å². The molecule has 0 fully saturated rings. The van der Waals surface area contributed by atoms with E-state index in [1.807, 2.05) is 6.07 Å². The fourth-order valence-electron chi connectivity index (χ4n) is 2.30. The van der Waals surface area contributed by atoms with Crippen LogP contribution in [-0.4, -0.2) is 32.4 Å². The van der Waals surface area contributed by atoms with Gasteiger partial charge in [0.2, 0.25) is 10.0 Å². The van der Waals surface area contributed by atoms with Gasteiger partial charge in [0.15, 0.2) is 6.10 Å². The van der Waals surface area contributed by atoms with Crippen LogP contribution >= 0.6 is 11.3 Å². The lowest BCUT2D eigenvalue weighted by Crippen LogP contribution is -2.47. The Balaban J connectivity index is 2.07. The number of sulfonamides is 1. The van der Waals surface area contributed by atoms with Crippen molar-refractivity contribution in [3.8, 4) is 6.07 Å². The van der Waals surface area contributed by atoms with Gasteiger partial charge in [0.05, 0.1) is 10.5 Å². The number of rotatable bonds is 8. The number of ether oxygens (including phenoxy) is 1. The van der Waals surface area contributed by atoms with Gasteiger partial charge in [0, 0.05) is 0 Å². The van der Waals surface area contributed by atoms with E-state index in [0.29, 0.717) is 10.6 Å². The van der Waals surface area contributed by atoms with Gasteiger partial charge in [0.25, 0.3) is 5.91 Å². The zero-order valence-electron chi connectivity index (χ0n) is 16.1. The van der Waals surface area contributed by atoms with E-state index in [2.05, 4.69) is 10.0 Å². The minimum absolute atomic E-state index is 0.0194. The molecule has 2 rings (SSSR count). The molecule has 0 aliphatic heterocycles. The molecular formula is C19H21N3O5S2. The molecular weight excluding hydrogens is 414 g/mol. The van der Waals surface area contributed by atoms with Gasteiger partial charge in [-0.25, -0.2) is 8.42 Å². The highest BCUT2D eigenvalue weighted by atomic mass is 32.2. The van der Waals surface area contributed by atoms with Crippen LogP contribution in [0.3, 0.4) is 0 Å². The second-order valence-electron chi connectivity index (χ2n) is 6.50. The molecule has 0 bridgehead atoms. The Bertz CT molecular complexity index is 1010. The lowest BCUT2D eigenvalue weighted by Gasteiger charge is -2.22. The summed E-state index contributed by atoms with van der Waals surface area (Å²) in [6.07, 6.45) is -1.18. The molecule has 8 nitrogen and oxygen atoms in total. The molecule has 0 radical (unpaired) electrons. The summed E-state index contributed by atoms with van der Waals surface area (Å²) < 4.78 is 32.6. The quantitative estimate of drug-likeness (QED) is 0.614. The van der Waals surface area contributed by atoms with Gasteiger partial charge < -0.3 is 10.1 Å². The number of esters is 1. The first-order valence-corrected chi connectivity index (χ1v) is 11.1. The maximum atomic E-state index is 12.6. The zero-order chi connectivity index (χ0) is 21.6. The highest BCUT2D eigenvalue weighted by Gasteiger charge is 2.32. The van der Waals surface area contributed by atoms with E-state index in [1.165, 1.54) is 30.4 Å². The third-order valence-corrected chi connectivity index (χ3v) is 6.23. The van der Waals surface area contributed by atoms with Crippen LogP contribution in [0.15, 0.2) is 46.7 Å². The van der Waals surface area contributed by atoms with Crippen LogP contribution in [0.2, 0.25) is 0 Å². The van der Waals surface area contributed by atoms with Crippen LogP contribution in [0.4, 0.5) is 5.00 Å². The summed E-state index contributed by atoms with van der Waals surface area (Å²) in [4.78, 5) is 24.9. The Morgan fingerprint density at radius 2 is 1.79 bits per heavy atom. The van der Waals surface area contributed by atoms with E-state index in [4.69, 9.17) is 10.00 Å². The van der Waals surface area contributed by atoms with Crippen LogP contribution in [0.1, 0.15) is 26.3 Å². The number of anilines is 1. The Morgan fingerprint density at radius 1 is 1.14 bits per heavy atom. The van der Waals surface area contributed by atoms with Crippen molar-refractivity contribution in [1.82, 2.24) is 4.72 Å². The molecule has 0 saturated heterocycles. The van der Waals surface area contributed by atoms with Gasteiger partial charge in [-0.05, 0) is 36.4 Å². The molecule has 0 unspecified atom stereocenters. The molecule has 2 atom stereocenters. The molecule has 0 spiro atoms. The Hall–Kier alpha value is -2.74. The van der Waals surface area contributed by atoms with E-state index in [9.17, 15) is 18.0 Å². The first kappa shape index (κ1) is 22.5. The van der Waals surface area contributed by atoms with Crippen molar-refractivity contribution in [2.24, 2.45) is 5.92 Å². The average molecular weight is 436 g/mol. The molecule has 1 aromatic carbocycles. The number of nitrogens with one attached hydrogen (secondary N) is 2. The number of thiophene rings is 1. The highest BCUT2D eigenvalue weighted by Crippen LogP contribution is 2.22. The van der Waals surface area contributed by atoms with Gasteiger partial charge in [0.1, 0.15) is 17.1 Å². The SMILES string of the molecule is CC(C)[C@H](NS(=O)(=O)c1ccccc1)C(=O)O[C@@H](C)C(=O)Nc1sccc1C#N. The van der Waals surface area contributed by atoms with Gasteiger partial charge in [-0.15, -0.1) is 11.3 Å². The van der Waals surface area contributed by atoms with Crippen LogP contribution in [-0.2, 0) is 24.3 Å². The van der Waals surface area contributed by atoms with Crippen molar-refractivity contribution in [2.75, 3.05) is 5.32 Å². The minimum atomic E-state index is -3.94. The van der Waals surface area contributed by atoms with E-state index in [-0.39, 0.29) is 4.90 Å². The summed E-state index contributed by atoms with van der Waals surface area (Å²) in [5, 5.41) is 13.5. The number of hydrogen-bond donors (Lipinski definition) is 2. The lowest BCUT2D eigenvalue weighted by atomic mass is 10.1. The summed E-state index contributed by atoms with van der Waals surface area (Å²) >= 11 is 1.17. The van der Waals surface area contributed by atoms with Crippen molar-refractivity contribution in [2.45, 2.75) is 37.8 Å². The molecule has 2 N–H and O–H groups in total. The number of benzene rings is 1. The van der Waals surface area contributed by atoms with E-state index >= 15 is 0 Å². The normalized spacial score (nSPS) is 13.3. The standard InChI is InChI=1S/C19H21N3O5S2/c1-12(2)16(22-29(25,26)15-7-5-4-6-8-15)19(24)27-13(3)17(23)21-18-14(11-20)9-10-28-18/h4-10,12-13,16,22H,1-3H3,(H,21,23)/t13-,16-/m0/s1. The van der Waals surface area contributed by atoms with E-state index in [0.717, 1.165) is 0 Å². The van der Waals surface area contributed by atoms with Crippen LogP contribution < -0.4 is 10.0 Å². The van der Waals surface area contributed by atoms with Crippen molar-refractivity contribution in [1.29, 1.82) is 5.26 Å². The van der Waals surface area contributed by atoms with Gasteiger partial charge in [-0.1, -0.05) is 32.0 Å². The van der Waals surface area contributed by atoms with Crippen LogP contribution in [0.5, 0.6) is 0 Å². The monoisotopic (exact) mass is 435 g/mol. The largest absolute Gasteiger partial charge is 0.451 e. The third kappa shape index (κ3) is 5.87. The van der Waals surface area contributed by atoms with Crippen molar-refractivity contribution in [3.05, 3.63) is 47.3 Å². The van der Waals surface area contributed by atoms with Crippen molar-refractivity contribution >= 4 is 38.2 Å². The molecule has 0 aliphatic rings. The third-order valence-electron chi connectivity index (χ3n) is 3.94. The smallest absolute Gasteiger partial charge is 0.325 e. The van der Waals surface area contributed by atoms with E-state index < -0.39 is 40.0 Å². The van der Waals surface area contributed by atoms with Crippen LogP contribution in [0.25, 0.3) is 0 Å². The highest BCUT2D eigenvalue weighted by molar-refractivity contribution is 7.89. The number of nitriles is 1. The molecule has 1 aromatic heterocycles. The Morgan fingerprint density at radius 3 is 2.38 bits per heavy atom. The minimum Gasteiger partial charge on any atom is -0.451 e. The molecule has 1 heterocycles. The molecule has 154 valence electrons. The average Bonchev–Trinajstić information content (AvgIpc) is 3.13. The maximum absolute atomic E-state index is 12.6. The fraction of sp³-hybridized carbons (Fsp3) is 0.316. The molecule has 29 heavy (non-hydrogen) atoms.